The average Bonchev–Trinajstić information content (AvgIpc) is 2.59. The number of hydrogen-bond acceptors (Lipinski definition) is 5. The zero-order valence-corrected chi connectivity index (χ0v) is 14.0. The number of rotatable bonds is 6. The minimum atomic E-state index is -4.01. The molecule has 2 rings (SSSR count). The van der Waals surface area contributed by atoms with Crippen LogP contribution in [0.1, 0.15) is 5.56 Å². The number of ether oxygens (including phenoxy) is 2. The number of amides is 1. The van der Waals surface area contributed by atoms with Gasteiger partial charge in [-0.15, -0.1) is 0 Å². The predicted octanol–water partition coefficient (Wildman–Crippen LogP) is 2.22. The quantitative estimate of drug-likeness (QED) is 0.810. The molecule has 0 saturated heterocycles. The Kier molecular flexibility index (Phi) is 5.59. The summed E-state index contributed by atoms with van der Waals surface area (Å²) in [5.41, 5.74) is 0.788. The van der Waals surface area contributed by atoms with Gasteiger partial charge < -0.3 is 9.47 Å². The second-order valence-electron chi connectivity index (χ2n) is 4.73. The van der Waals surface area contributed by atoms with E-state index in [0.29, 0.717) is 5.75 Å². The van der Waals surface area contributed by atoms with Crippen LogP contribution in [0.2, 0.25) is 0 Å². The summed E-state index contributed by atoms with van der Waals surface area (Å²) in [6.45, 7) is 0. The molecule has 126 valence electrons. The second kappa shape index (κ2) is 7.65. The summed E-state index contributed by atoms with van der Waals surface area (Å²) in [4.78, 5) is 11.8. The van der Waals surface area contributed by atoms with Crippen molar-refractivity contribution >= 4 is 22.0 Å². The lowest BCUT2D eigenvalue weighted by Gasteiger charge is -2.10. The van der Waals surface area contributed by atoms with Crippen LogP contribution in [0.5, 0.6) is 11.5 Å². The molecule has 0 aliphatic heterocycles. The van der Waals surface area contributed by atoms with Crippen LogP contribution in [-0.2, 0) is 14.8 Å². The first-order valence-corrected chi connectivity index (χ1v) is 8.46. The lowest BCUT2D eigenvalue weighted by molar-refractivity contribution is -0.114. The first-order valence-electron chi connectivity index (χ1n) is 6.98. The van der Waals surface area contributed by atoms with Crippen molar-refractivity contribution in [3.63, 3.8) is 0 Å². The van der Waals surface area contributed by atoms with Gasteiger partial charge in [-0.3, -0.25) is 4.79 Å². The van der Waals surface area contributed by atoms with Crippen LogP contribution in [0.3, 0.4) is 0 Å². The maximum absolute atomic E-state index is 12.3. The number of carbonyl (C=O) groups excluding carboxylic acids is 1. The third-order valence-electron chi connectivity index (χ3n) is 3.13. The second-order valence-corrected chi connectivity index (χ2v) is 6.41. The van der Waals surface area contributed by atoms with E-state index in [0.717, 1.165) is 11.6 Å². The first-order chi connectivity index (χ1) is 11.5. The van der Waals surface area contributed by atoms with Crippen molar-refractivity contribution < 1.29 is 22.7 Å². The summed E-state index contributed by atoms with van der Waals surface area (Å²) >= 11 is 0. The maximum Gasteiger partial charge on any atom is 0.264 e. The van der Waals surface area contributed by atoms with Crippen molar-refractivity contribution in [1.82, 2.24) is 4.72 Å². The third-order valence-corrected chi connectivity index (χ3v) is 4.47. The molecule has 0 unspecified atom stereocenters. The molecule has 1 N–H and O–H groups in total. The van der Waals surface area contributed by atoms with E-state index in [1.807, 2.05) is 22.9 Å². The van der Waals surface area contributed by atoms with Gasteiger partial charge in [0.2, 0.25) is 0 Å². The molecule has 0 saturated carbocycles. The summed E-state index contributed by atoms with van der Waals surface area (Å²) in [6.07, 6.45) is 2.69. The minimum absolute atomic E-state index is 0.0957. The van der Waals surface area contributed by atoms with Gasteiger partial charge in [0.25, 0.3) is 15.9 Å². The van der Waals surface area contributed by atoms with Crippen molar-refractivity contribution in [3.8, 4) is 11.5 Å². The largest absolute Gasteiger partial charge is 0.493 e. The van der Waals surface area contributed by atoms with Crippen LogP contribution >= 0.6 is 0 Å². The number of hydrogen-bond donors (Lipinski definition) is 1. The average molecular weight is 347 g/mol. The first kappa shape index (κ1) is 17.6. The van der Waals surface area contributed by atoms with Gasteiger partial charge in [0, 0.05) is 12.1 Å². The van der Waals surface area contributed by atoms with Crippen molar-refractivity contribution in [2.45, 2.75) is 4.90 Å². The number of carbonyl (C=O) groups is 1. The summed E-state index contributed by atoms with van der Waals surface area (Å²) in [5, 5.41) is 0. The van der Waals surface area contributed by atoms with E-state index in [-0.39, 0.29) is 10.6 Å². The molecule has 0 fully saturated rings. The summed E-state index contributed by atoms with van der Waals surface area (Å²) < 4.78 is 36.6. The van der Waals surface area contributed by atoms with Gasteiger partial charge in [0.15, 0.2) is 11.5 Å². The van der Waals surface area contributed by atoms with E-state index in [4.69, 9.17) is 9.47 Å². The molecule has 2 aromatic rings. The normalized spacial score (nSPS) is 11.2. The molecule has 0 radical (unpaired) electrons. The molecular formula is C17H17NO5S. The molecule has 2 aromatic carbocycles. The molecule has 24 heavy (non-hydrogen) atoms. The molecular weight excluding hydrogens is 330 g/mol. The van der Waals surface area contributed by atoms with Crippen molar-refractivity contribution in [2.75, 3.05) is 14.2 Å². The SMILES string of the molecule is COc1ccc(S(=O)(=O)NC(=O)C=Cc2ccccc2)cc1OC. The standard InChI is InChI=1S/C17H17NO5S/c1-22-15-10-9-14(12-16(15)23-2)24(20,21)18-17(19)11-8-13-6-4-3-5-7-13/h3-12H,1-2H3,(H,18,19). The third kappa shape index (κ3) is 4.36. The monoisotopic (exact) mass is 347 g/mol. The number of methoxy groups -OCH3 is 2. The lowest BCUT2D eigenvalue weighted by atomic mass is 10.2. The molecule has 1 amide bonds. The van der Waals surface area contributed by atoms with Crippen LogP contribution in [0.4, 0.5) is 0 Å². The smallest absolute Gasteiger partial charge is 0.264 e. The van der Waals surface area contributed by atoms with Gasteiger partial charge in [0.05, 0.1) is 19.1 Å². The molecule has 0 aliphatic carbocycles. The number of benzene rings is 2. The van der Waals surface area contributed by atoms with Crippen LogP contribution in [0.25, 0.3) is 6.08 Å². The van der Waals surface area contributed by atoms with Crippen LogP contribution in [0, 0.1) is 0 Å². The molecule has 6 nitrogen and oxygen atoms in total. The molecule has 0 spiro atoms. The van der Waals surface area contributed by atoms with Gasteiger partial charge in [-0.25, -0.2) is 13.1 Å². The summed E-state index contributed by atoms with van der Waals surface area (Å²) in [7, 11) is -1.16. The Morgan fingerprint density at radius 3 is 2.29 bits per heavy atom. The fourth-order valence-electron chi connectivity index (χ4n) is 1.95. The van der Waals surface area contributed by atoms with Gasteiger partial charge in [-0.05, 0) is 23.8 Å². The van der Waals surface area contributed by atoms with E-state index in [1.54, 1.807) is 12.1 Å². The van der Waals surface area contributed by atoms with E-state index in [9.17, 15) is 13.2 Å². The van der Waals surface area contributed by atoms with Crippen molar-refractivity contribution in [1.29, 1.82) is 0 Å². The molecule has 0 aliphatic rings. The Morgan fingerprint density at radius 1 is 1.00 bits per heavy atom. The fraction of sp³-hybridized carbons (Fsp3) is 0.118. The highest BCUT2D eigenvalue weighted by molar-refractivity contribution is 7.90. The van der Waals surface area contributed by atoms with E-state index in [1.165, 1.54) is 38.5 Å². The van der Waals surface area contributed by atoms with Gasteiger partial charge in [-0.1, -0.05) is 30.3 Å². The Morgan fingerprint density at radius 2 is 1.67 bits per heavy atom. The highest BCUT2D eigenvalue weighted by Gasteiger charge is 2.18. The topological polar surface area (TPSA) is 81.7 Å². The van der Waals surface area contributed by atoms with Crippen LogP contribution in [-0.4, -0.2) is 28.5 Å². The maximum atomic E-state index is 12.3. The van der Waals surface area contributed by atoms with Gasteiger partial charge in [-0.2, -0.15) is 0 Å². The highest BCUT2D eigenvalue weighted by Crippen LogP contribution is 2.29. The molecule has 0 bridgehead atoms. The van der Waals surface area contributed by atoms with E-state index in [2.05, 4.69) is 0 Å². The van der Waals surface area contributed by atoms with Gasteiger partial charge >= 0.3 is 0 Å². The summed E-state index contributed by atoms with van der Waals surface area (Å²) in [5.74, 6) is -0.0898. The highest BCUT2D eigenvalue weighted by atomic mass is 32.2. The van der Waals surface area contributed by atoms with Crippen LogP contribution in [0.15, 0.2) is 59.5 Å². The van der Waals surface area contributed by atoms with Crippen molar-refractivity contribution in [2.24, 2.45) is 0 Å². The lowest BCUT2D eigenvalue weighted by Crippen LogP contribution is -2.29. The Bertz CT molecular complexity index is 845. The Labute approximate surface area is 140 Å². The molecule has 0 atom stereocenters. The predicted molar refractivity (Wildman–Crippen MR) is 90.4 cm³/mol. The minimum Gasteiger partial charge on any atom is -0.493 e. The fourth-order valence-corrected chi connectivity index (χ4v) is 2.91. The summed E-state index contributed by atoms with van der Waals surface area (Å²) in [6, 6.07) is 13.2. The number of sulfonamides is 1. The zero-order valence-electron chi connectivity index (χ0n) is 13.2. The van der Waals surface area contributed by atoms with E-state index >= 15 is 0 Å². The molecule has 7 heteroatoms. The Balaban J connectivity index is 2.16. The van der Waals surface area contributed by atoms with E-state index < -0.39 is 15.9 Å². The Hall–Kier alpha value is -2.80. The van der Waals surface area contributed by atoms with Crippen LogP contribution < -0.4 is 14.2 Å². The molecule has 0 heterocycles. The van der Waals surface area contributed by atoms with Crippen molar-refractivity contribution in [3.05, 3.63) is 60.2 Å². The number of nitrogens with one attached hydrogen (secondary N) is 1. The van der Waals surface area contributed by atoms with Gasteiger partial charge in [0.1, 0.15) is 0 Å². The zero-order chi connectivity index (χ0) is 17.6. The molecule has 0 aromatic heterocycles.